The van der Waals surface area contributed by atoms with Crippen LogP contribution in [0.25, 0.3) is 10.9 Å². The summed E-state index contributed by atoms with van der Waals surface area (Å²) in [7, 11) is 0. The van der Waals surface area contributed by atoms with Gasteiger partial charge in [0.05, 0.1) is 17.7 Å². The quantitative estimate of drug-likeness (QED) is 0.861. The van der Waals surface area contributed by atoms with E-state index in [4.69, 9.17) is 14.7 Å². The number of anilines is 1. The van der Waals surface area contributed by atoms with Crippen molar-refractivity contribution in [1.29, 1.82) is 0 Å². The summed E-state index contributed by atoms with van der Waals surface area (Å²) in [6, 6.07) is 6.66. The monoisotopic (exact) mass is 338 g/mol. The van der Waals surface area contributed by atoms with Gasteiger partial charge in [0.2, 0.25) is 5.95 Å². The minimum absolute atomic E-state index is 0.142. The predicted molar refractivity (Wildman–Crippen MR) is 98.8 cm³/mol. The Balaban J connectivity index is 1.42. The lowest BCUT2D eigenvalue weighted by molar-refractivity contribution is 0.178. The number of nitrogens with zero attached hydrogens (tertiary/aromatic N) is 4. The molecule has 4 heterocycles. The van der Waals surface area contributed by atoms with Crippen molar-refractivity contribution in [1.82, 2.24) is 14.9 Å². The van der Waals surface area contributed by atoms with Crippen molar-refractivity contribution >= 4 is 16.9 Å². The lowest BCUT2D eigenvalue weighted by Gasteiger charge is -2.33. The van der Waals surface area contributed by atoms with Gasteiger partial charge >= 0.3 is 0 Å². The fraction of sp³-hybridized carbons (Fsp3) is 0.600. The molecule has 3 aliphatic rings. The van der Waals surface area contributed by atoms with Crippen LogP contribution in [0.4, 0.5) is 5.95 Å². The van der Waals surface area contributed by atoms with Crippen LogP contribution in [0.15, 0.2) is 24.4 Å². The molecule has 3 aliphatic heterocycles. The lowest BCUT2D eigenvalue weighted by atomic mass is 9.96. The van der Waals surface area contributed by atoms with Gasteiger partial charge in [0.1, 0.15) is 0 Å². The van der Waals surface area contributed by atoms with Crippen LogP contribution in [0.2, 0.25) is 0 Å². The summed E-state index contributed by atoms with van der Waals surface area (Å²) in [4.78, 5) is 14.6. The maximum atomic E-state index is 5.70. The second kappa shape index (κ2) is 6.22. The number of rotatable bonds is 3. The summed E-state index contributed by atoms with van der Waals surface area (Å²) in [6.45, 7) is 6.23. The average Bonchev–Trinajstić information content (AvgIpc) is 3.39. The van der Waals surface area contributed by atoms with Crippen LogP contribution in [-0.4, -0.2) is 53.3 Å². The van der Waals surface area contributed by atoms with E-state index in [1.165, 1.54) is 44.3 Å². The number of fused-ring (bicyclic) bond motifs is 1. The molecule has 5 heteroatoms. The third kappa shape index (κ3) is 2.79. The first-order valence-corrected chi connectivity index (χ1v) is 9.66. The smallest absolute Gasteiger partial charge is 0.226 e. The van der Waals surface area contributed by atoms with Crippen LogP contribution in [-0.2, 0) is 11.3 Å². The third-order valence-corrected chi connectivity index (χ3v) is 6.16. The maximum absolute atomic E-state index is 5.70. The number of hydrogen-bond donors (Lipinski definition) is 0. The molecule has 0 radical (unpaired) electrons. The van der Waals surface area contributed by atoms with Gasteiger partial charge in [-0.05, 0) is 62.9 Å². The molecule has 0 N–H and O–H groups in total. The van der Waals surface area contributed by atoms with Gasteiger partial charge in [0, 0.05) is 31.3 Å². The van der Waals surface area contributed by atoms with Gasteiger partial charge in [-0.2, -0.15) is 0 Å². The Kier molecular flexibility index (Phi) is 3.86. The molecule has 0 saturated carbocycles. The van der Waals surface area contributed by atoms with Gasteiger partial charge in [-0.15, -0.1) is 0 Å². The Bertz CT molecular complexity index is 760. The van der Waals surface area contributed by atoms with E-state index in [-0.39, 0.29) is 5.54 Å². The van der Waals surface area contributed by atoms with Gasteiger partial charge in [0.15, 0.2) is 0 Å². The molecule has 1 unspecified atom stereocenters. The zero-order valence-corrected chi connectivity index (χ0v) is 14.8. The molecule has 5 rings (SSSR count). The van der Waals surface area contributed by atoms with Crippen molar-refractivity contribution in [2.75, 3.05) is 37.7 Å². The average molecular weight is 338 g/mol. The van der Waals surface area contributed by atoms with E-state index in [1.54, 1.807) is 0 Å². The molecule has 2 aromatic rings. The van der Waals surface area contributed by atoms with Crippen molar-refractivity contribution in [3.63, 3.8) is 0 Å². The Morgan fingerprint density at radius 3 is 2.84 bits per heavy atom. The van der Waals surface area contributed by atoms with E-state index in [2.05, 4.69) is 28.0 Å². The molecule has 0 aliphatic carbocycles. The third-order valence-electron chi connectivity index (χ3n) is 6.16. The topological polar surface area (TPSA) is 41.5 Å². The molecule has 1 atom stereocenters. The van der Waals surface area contributed by atoms with E-state index >= 15 is 0 Å². The minimum Gasteiger partial charge on any atom is -0.379 e. The summed E-state index contributed by atoms with van der Waals surface area (Å²) in [5.41, 5.74) is 2.56. The number of likely N-dealkylation sites (tertiary alicyclic amines) is 1. The second-order valence-electron chi connectivity index (χ2n) is 7.83. The first-order valence-electron chi connectivity index (χ1n) is 9.66. The van der Waals surface area contributed by atoms with Gasteiger partial charge in [-0.25, -0.2) is 9.97 Å². The van der Waals surface area contributed by atoms with E-state index < -0.39 is 0 Å². The zero-order chi connectivity index (χ0) is 16.7. The molecule has 0 bridgehead atoms. The highest BCUT2D eigenvalue weighted by molar-refractivity contribution is 5.79. The summed E-state index contributed by atoms with van der Waals surface area (Å²) in [6.07, 6.45) is 8.18. The molecule has 5 nitrogen and oxygen atoms in total. The zero-order valence-electron chi connectivity index (χ0n) is 14.8. The van der Waals surface area contributed by atoms with Crippen molar-refractivity contribution in [2.24, 2.45) is 0 Å². The normalized spacial score (nSPS) is 27.1. The van der Waals surface area contributed by atoms with Crippen LogP contribution in [0.5, 0.6) is 0 Å². The highest BCUT2D eigenvalue weighted by Crippen LogP contribution is 2.38. The van der Waals surface area contributed by atoms with Gasteiger partial charge < -0.3 is 9.64 Å². The number of aromatic nitrogens is 2. The fourth-order valence-electron chi connectivity index (χ4n) is 4.76. The molecule has 1 aromatic heterocycles. The molecule has 3 fully saturated rings. The first-order chi connectivity index (χ1) is 12.3. The Hall–Kier alpha value is -1.72. The summed E-state index contributed by atoms with van der Waals surface area (Å²) < 4.78 is 5.70. The molecular formula is C20H26N4O. The Labute approximate surface area is 149 Å². The minimum atomic E-state index is 0.142. The standard InChI is InChI=1S/C20H26N4O/c1-2-9-23(8-1)14-16-4-5-18-17(12-16)13-21-19(22-18)24-10-3-6-20(24)7-11-25-15-20/h4-5,12-13H,1-3,6-11,14-15H2. The highest BCUT2D eigenvalue weighted by Gasteiger charge is 2.45. The van der Waals surface area contributed by atoms with Crippen LogP contribution in [0.3, 0.4) is 0 Å². The van der Waals surface area contributed by atoms with Crippen molar-refractivity contribution in [3.05, 3.63) is 30.0 Å². The number of hydrogen-bond acceptors (Lipinski definition) is 5. The van der Waals surface area contributed by atoms with Crippen molar-refractivity contribution in [2.45, 2.75) is 44.2 Å². The molecule has 25 heavy (non-hydrogen) atoms. The Morgan fingerprint density at radius 1 is 1.08 bits per heavy atom. The fourth-order valence-corrected chi connectivity index (χ4v) is 4.76. The van der Waals surface area contributed by atoms with Crippen LogP contribution < -0.4 is 4.90 Å². The van der Waals surface area contributed by atoms with Gasteiger partial charge in [-0.3, -0.25) is 4.90 Å². The molecule has 1 spiro atoms. The number of benzene rings is 1. The van der Waals surface area contributed by atoms with Gasteiger partial charge in [-0.1, -0.05) is 6.07 Å². The summed E-state index contributed by atoms with van der Waals surface area (Å²) >= 11 is 0. The van der Waals surface area contributed by atoms with Crippen LogP contribution in [0.1, 0.15) is 37.7 Å². The van der Waals surface area contributed by atoms with E-state index in [9.17, 15) is 0 Å². The van der Waals surface area contributed by atoms with E-state index in [0.29, 0.717) is 0 Å². The second-order valence-corrected chi connectivity index (χ2v) is 7.83. The molecular weight excluding hydrogens is 312 g/mol. The molecule has 3 saturated heterocycles. The molecule has 0 amide bonds. The van der Waals surface area contributed by atoms with Crippen molar-refractivity contribution in [3.8, 4) is 0 Å². The predicted octanol–water partition coefficient (Wildman–Crippen LogP) is 2.98. The summed E-state index contributed by atoms with van der Waals surface area (Å²) in [5, 5.41) is 1.15. The van der Waals surface area contributed by atoms with E-state index in [1.807, 2.05) is 6.20 Å². The molecule has 132 valence electrons. The van der Waals surface area contributed by atoms with Gasteiger partial charge in [0.25, 0.3) is 0 Å². The lowest BCUT2D eigenvalue weighted by Crippen LogP contribution is -2.45. The van der Waals surface area contributed by atoms with Crippen LogP contribution >= 0.6 is 0 Å². The Morgan fingerprint density at radius 2 is 2.00 bits per heavy atom. The maximum Gasteiger partial charge on any atom is 0.226 e. The van der Waals surface area contributed by atoms with Crippen molar-refractivity contribution < 1.29 is 4.74 Å². The number of ether oxygens (including phenoxy) is 1. The largest absolute Gasteiger partial charge is 0.379 e. The van der Waals surface area contributed by atoms with Crippen LogP contribution in [0, 0.1) is 0 Å². The first kappa shape index (κ1) is 15.5. The summed E-state index contributed by atoms with van der Waals surface area (Å²) in [5.74, 6) is 0.878. The highest BCUT2D eigenvalue weighted by atomic mass is 16.5. The SMILES string of the molecule is c1cc2nc(N3CCCC34CCOC4)ncc2cc1CN1CCCC1. The molecule has 1 aromatic carbocycles. The van der Waals surface area contributed by atoms with E-state index in [0.717, 1.165) is 49.6 Å².